The number of halogens is 1. The summed E-state index contributed by atoms with van der Waals surface area (Å²) in [6.07, 6.45) is 0.968. The van der Waals surface area contributed by atoms with E-state index >= 15 is 0 Å². The monoisotopic (exact) mass is 304 g/mol. The molecule has 0 aliphatic heterocycles. The molecule has 0 unspecified atom stereocenters. The Bertz CT molecular complexity index is 450. The molecule has 2 heteroatoms. The molecule has 0 spiro atoms. The van der Waals surface area contributed by atoms with Gasteiger partial charge in [0.1, 0.15) is 0 Å². The highest BCUT2D eigenvalue weighted by Crippen LogP contribution is 2.09. The van der Waals surface area contributed by atoms with Gasteiger partial charge >= 0.3 is 0 Å². The summed E-state index contributed by atoms with van der Waals surface area (Å²) in [6, 6.07) is 18.9. The zero-order valence-electron chi connectivity index (χ0n) is 10.3. The smallest absolute Gasteiger partial charge is 0.0717 e. The van der Waals surface area contributed by atoms with Crippen LogP contribution in [0.4, 0.5) is 0 Å². The van der Waals surface area contributed by atoms with Crippen molar-refractivity contribution in [3.8, 4) is 0 Å². The summed E-state index contributed by atoms with van der Waals surface area (Å²) < 4.78 is 5.67. The van der Waals surface area contributed by atoms with Gasteiger partial charge in [0.25, 0.3) is 0 Å². The maximum absolute atomic E-state index is 5.67. The number of benzene rings is 2. The molecule has 0 radical (unpaired) electrons. The lowest BCUT2D eigenvalue weighted by Gasteiger charge is -2.05. The van der Waals surface area contributed by atoms with E-state index in [2.05, 4.69) is 52.3 Å². The first kappa shape index (κ1) is 13.3. The van der Waals surface area contributed by atoms with E-state index in [9.17, 15) is 0 Å². The Labute approximate surface area is 117 Å². The maximum Gasteiger partial charge on any atom is 0.0717 e. The first-order valence-corrected chi connectivity index (χ1v) is 7.26. The highest BCUT2D eigenvalue weighted by atomic mass is 79.9. The van der Waals surface area contributed by atoms with Crippen molar-refractivity contribution in [2.24, 2.45) is 0 Å². The van der Waals surface area contributed by atoms with Crippen molar-refractivity contribution >= 4 is 15.9 Å². The van der Waals surface area contributed by atoms with Gasteiger partial charge in [-0.15, -0.1) is 0 Å². The van der Waals surface area contributed by atoms with Gasteiger partial charge in [-0.1, -0.05) is 70.5 Å². The van der Waals surface area contributed by atoms with Crippen molar-refractivity contribution in [2.75, 3.05) is 6.61 Å². The van der Waals surface area contributed by atoms with Crippen molar-refractivity contribution < 1.29 is 4.74 Å². The Morgan fingerprint density at radius 3 is 2.11 bits per heavy atom. The highest BCUT2D eigenvalue weighted by molar-refractivity contribution is 9.08. The van der Waals surface area contributed by atoms with Crippen LogP contribution in [0.2, 0.25) is 0 Å². The van der Waals surface area contributed by atoms with Gasteiger partial charge < -0.3 is 4.74 Å². The second-order valence-corrected chi connectivity index (χ2v) is 4.80. The van der Waals surface area contributed by atoms with E-state index in [0.717, 1.165) is 18.4 Å². The third-order valence-electron chi connectivity index (χ3n) is 2.82. The maximum atomic E-state index is 5.67. The van der Waals surface area contributed by atoms with Gasteiger partial charge in [-0.3, -0.25) is 0 Å². The number of rotatable bonds is 6. The van der Waals surface area contributed by atoms with Crippen molar-refractivity contribution in [1.82, 2.24) is 0 Å². The van der Waals surface area contributed by atoms with Gasteiger partial charge in [0, 0.05) is 5.33 Å². The van der Waals surface area contributed by atoms with E-state index in [4.69, 9.17) is 4.74 Å². The van der Waals surface area contributed by atoms with Gasteiger partial charge in [-0.05, 0) is 23.1 Å². The molecule has 0 aliphatic carbocycles. The van der Waals surface area contributed by atoms with Crippen molar-refractivity contribution in [3.05, 3.63) is 71.3 Å². The zero-order chi connectivity index (χ0) is 12.6. The zero-order valence-corrected chi connectivity index (χ0v) is 11.9. The van der Waals surface area contributed by atoms with Gasteiger partial charge in [0.15, 0.2) is 0 Å². The van der Waals surface area contributed by atoms with E-state index < -0.39 is 0 Å². The van der Waals surface area contributed by atoms with Crippen molar-refractivity contribution in [1.29, 1.82) is 0 Å². The SMILES string of the molecule is BrCc1ccc(CCOCc2ccccc2)cc1. The molecule has 0 aliphatic rings. The first-order chi connectivity index (χ1) is 8.88. The topological polar surface area (TPSA) is 9.23 Å². The predicted molar refractivity (Wildman–Crippen MR) is 78.9 cm³/mol. The highest BCUT2D eigenvalue weighted by Gasteiger charge is 1.95. The summed E-state index contributed by atoms with van der Waals surface area (Å²) in [4.78, 5) is 0. The Hall–Kier alpha value is -1.12. The molecule has 2 aromatic rings. The third kappa shape index (κ3) is 4.28. The van der Waals surface area contributed by atoms with Gasteiger partial charge in [0.2, 0.25) is 0 Å². The molecule has 0 aromatic heterocycles. The molecule has 2 rings (SSSR count). The van der Waals surface area contributed by atoms with Crippen molar-refractivity contribution in [3.63, 3.8) is 0 Å². The summed E-state index contributed by atoms with van der Waals surface area (Å²) in [5, 5.41) is 0.914. The van der Waals surface area contributed by atoms with Crippen molar-refractivity contribution in [2.45, 2.75) is 18.4 Å². The van der Waals surface area contributed by atoms with Gasteiger partial charge in [-0.2, -0.15) is 0 Å². The molecule has 0 fully saturated rings. The molecule has 0 heterocycles. The van der Waals surface area contributed by atoms with Crippen LogP contribution < -0.4 is 0 Å². The van der Waals surface area contributed by atoms with E-state index in [-0.39, 0.29) is 0 Å². The second-order valence-electron chi connectivity index (χ2n) is 4.24. The Morgan fingerprint density at radius 2 is 1.44 bits per heavy atom. The predicted octanol–water partition coefficient (Wildman–Crippen LogP) is 4.34. The molecule has 18 heavy (non-hydrogen) atoms. The molecule has 0 saturated carbocycles. The minimum atomic E-state index is 0.695. The first-order valence-electron chi connectivity index (χ1n) is 6.14. The summed E-state index contributed by atoms with van der Waals surface area (Å²) in [5.41, 5.74) is 3.86. The molecule has 0 atom stereocenters. The minimum Gasteiger partial charge on any atom is -0.376 e. The fraction of sp³-hybridized carbons (Fsp3) is 0.250. The average Bonchev–Trinajstić information content (AvgIpc) is 2.45. The van der Waals surface area contributed by atoms with Crippen LogP contribution >= 0.6 is 15.9 Å². The van der Waals surface area contributed by atoms with Crippen LogP contribution in [0.1, 0.15) is 16.7 Å². The number of hydrogen-bond donors (Lipinski definition) is 0. The van der Waals surface area contributed by atoms with E-state index in [1.165, 1.54) is 16.7 Å². The van der Waals surface area contributed by atoms with Crippen LogP contribution in [-0.4, -0.2) is 6.61 Å². The third-order valence-corrected chi connectivity index (χ3v) is 3.47. The Morgan fingerprint density at radius 1 is 0.778 bits per heavy atom. The molecule has 0 saturated heterocycles. The van der Waals surface area contributed by atoms with E-state index in [1.54, 1.807) is 0 Å². The second kappa shape index (κ2) is 7.34. The van der Waals surface area contributed by atoms with Crippen LogP contribution in [0.5, 0.6) is 0 Å². The summed E-state index contributed by atoms with van der Waals surface area (Å²) in [5.74, 6) is 0. The molecule has 1 nitrogen and oxygen atoms in total. The Balaban J connectivity index is 1.72. The molecular formula is C16H17BrO. The standard InChI is InChI=1S/C16H17BrO/c17-12-15-8-6-14(7-9-15)10-11-18-13-16-4-2-1-3-5-16/h1-9H,10-13H2. The molecule has 0 N–H and O–H groups in total. The van der Waals surface area contributed by atoms with Gasteiger partial charge in [0.05, 0.1) is 13.2 Å². The normalized spacial score (nSPS) is 10.5. The lowest BCUT2D eigenvalue weighted by molar-refractivity contribution is 0.124. The number of alkyl halides is 1. The van der Waals surface area contributed by atoms with E-state index in [0.29, 0.717) is 6.61 Å². The van der Waals surface area contributed by atoms with Crippen LogP contribution in [0.3, 0.4) is 0 Å². The lowest BCUT2D eigenvalue weighted by Crippen LogP contribution is -1.99. The van der Waals surface area contributed by atoms with Crippen LogP contribution in [0, 0.1) is 0 Å². The Kier molecular flexibility index (Phi) is 5.43. The molecule has 94 valence electrons. The van der Waals surface area contributed by atoms with E-state index in [1.807, 2.05) is 18.2 Å². The van der Waals surface area contributed by atoms with Crippen LogP contribution in [0.15, 0.2) is 54.6 Å². The van der Waals surface area contributed by atoms with Crippen LogP contribution in [-0.2, 0) is 23.1 Å². The number of ether oxygens (including phenoxy) is 1. The quantitative estimate of drug-likeness (QED) is 0.570. The summed E-state index contributed by atoms with van der Waals surface area (Å²) in [6.45, 7) is 1.46. The van der Waals surface area contributed by atoms with Crippen LogP contribution in [0.25, 0.3) is 0 Å². The van der Waals surface area contributed by atoms with Gasteiger partial charge in [-0.25, -0.2) is 0 Å². The fourth-order valence-corrected chi connectivity index (χ4v) is 2.12. The summed E-state index contributed by atoms with van der Waals surface area (Å²) >= 11 is 3.45. The molecule has 0 amide bonds. The minimum absolute atomic E-state index is 0.695. The molecule has 0 bridgehead atoms. The largest absolute Gasteiger partial charge is 0.376 e. The summed E-state index contributed by atoms with van der Waals surface area (Å²) in [7, 11) is 0. The molecular weight excluding hydrogens is 288 g/mol. The number of hydrogen-bond acceptors (Lipinski definition) is 1. The fourth-order valence-electron chi connectivity index (χ4n) is 1.75. The average molecular weight is 305 g/mol. The molecule has 2 aromatic carbocycles. The lowest BCUT2D eigenvalue weighted by atomic mass is 10.1.